The molecule has 1 aliphatic heterocycles. The minimum atomic E-state index is -0.577. The van der Waals surface area contributed by atoms with Crippen LogP contribution in [0.5, 0.6) is 0 Å². The molecule has 0 radical (unpaired) electrons. The van der Waals surface area contributed by atoms with E-state index in [-0.39, 0.29) is 0 Å². The number of fused-ring (bicyclic) bond motifs is 2. The van der Waals surface area contributed by atoms with Gasteiger partial charge in [-0.2, -0.15) is 0 Å². The summed E-state index contributed by atoms with van der Waals surface area (Å²) in [6.45, 7) is 6.17. The molecule has 2 aromatic rings. The summed E-state index contributed by atoms with van der Waals surface area (Å²) in [5.74, 6) is 0.831. The van der Waals surface area contributed by atoms with Crippen molar-refractivity contribution in [3.8, 4) is 0 Å². The summed E-state index contributed by atoms with van der Waals surface area (Å²) < 4.78 is 0. The van der Waals surface area contributed by atoms with Gasteiger partial charge in [-0.05, 0) is 74.8 Å². The predicted molar refractivity (Wildman–Crippen MR) is 100 cm³/mol. The molecule has 0 amide bonds. The Morgan fingerprint density at radius 3 is 2.60 bits per heavy atom. The second kappa shape index (κ2) is 6.45. The van der Waals surface area contributed by atoms with E-state index in [1.807, 2.05) is 6.07 Å². The van der Waals surface area contributed by atoms with E-state index in [1.165, 1.54) is 44.1 Å². The van der Waals surface area contributed by atoms with Crippen LogP contribution in [0, 0.1) is 19.8 Å². The van der Waals surface area contributed by atoms with E-state index in [0.717, 1.165) is 41.2 Å². The first-order valence-electron chi connectivity index (χ1n) is 9.54. The molecule has 2 aliphatic rings. The Balaban J connectivity index is 1.77. The molecule has 4 rings (SSSR count). The number of aryl methyl sites for hydroxylation is 1. The van der Waals surface area contributed by atoms with Gasteiger partial charge in [0.2, 0.25) is 0 Å². The number of likely N-dealkylation sites (tertiary alicyclic amines) is 1. The monoisotopic (exact) mass is 341 g/mol. The Labute approximate surface area is 147 Å². The lowest BCUT2D eigenvalue weighted by Gasteiger charge is -2.44. The Kier molecular flexibility index (Phi) is 4.28. The topological polar surface area (TPSA) is 69.0 Å². The van der Waals surface area contributed by atoms with Gasteiger partial charge in [0.15, 0.2) is 0 Å². The molecule has 5 nitrogen and oxygen atoms in total. The summed E-state index contributed by atoms with van der Waals surface area (Å²) >= 11 is 0. The summed E-state index contributed by atoms with van der Waals surface area (Å²) in [5, 5.41) is 0. The molecule has 2 N–H and O–H groups in total. The van der Waals surface area contributed by atoms with Gasteiger partial charge in [-0.1, -0.05) is 12.8 Å². The van der Waals surface area contributed by atoms with Crippen LogP contribution in [0.15, 0.2) is 15.7 Å². The van der Waals surface area contributed by atoms with Crippen LogP contribution in [0.25, 0.3) is 11.0 Å². The zero-order chi connectivity index (χ0) is 17.6. The third-order valence-electron chi connectivity index (χ3n) is 6.39. The van der Waals surface area contributed by atoms with Gasteiger partial charge in [0.25, 0.3) is 0 Å². The molecular weight excluding hydrogens is 314 g/mol. The van der Waals surface area contributed by atoms with Gasteiger partial charge in [-0.3, -0.25) is 14.5 Å². The average Bonchev–Trinajstić information content (AvgIpc) is 2.61. The molecule has 1 saturated heterocycles. The number of hydrogen-bond donors (Lipinski definition) is 2. The summed E-state index contributed by atoms with van der Waals surface area (Å²) in [4.78, 5) is 31.8. The van der Waals surface area contributed by atoms with Crippen LogP contribution in [0.2, 0.25) is 0 Å². The predicted octanol–water partition coefficient (Wildman–Crippen LogP) is 2.99. The third-order valence-corrected chi connectivity index (χ3v) is 6.39. The van der Waals surface area contributed by atoms with Gasteiger partial charge in [0.05, 0.1) is 11.0 Å². The highest BCUT2D eigenvalue weighted by Crippen LogP contribution is 2.36. The largest absolute Gasteiger partial charge is 0.316 e. The molecule has 1 aliphatic carbocycles. The number of nitrogens with zero attached hydrogens (tertiary/aromatic N) is 1. The summed E-state index contributed by atoms with van der Waals surface area (Å²) in [6.07, 6.45) is 7.97. The first-order chi connectivity index (χ1) is 12.0. The Bertz CT molecular complexity index is 910. The van der Waals surface area contributed by atoms with Crippen LogP contribution in [-0.2, 0) is 6.54 Å². The van der Waals surface area contributed by atoms with Crippen LogP contribution >= 0.6 is 0 Å². The maximum Gasteiger partial charge on any atom is 0.314 e. The molecule has 5 heteroatoms. The van der Waals surface area contributed by atoms with Crippen molar-refractivity contribution in [3.05, 3.63) is 43.5 Å². The second-order valence-corrected chi connectivity index (χ2v) is 7.85. The highest BCUT2D eigenvalue weighted by atomic mass is 16.2. The molecule has 2 heterocycles. The highest BCUT2D eigenvalue weighted by Gasteiger charge is 2.33. The van der Waals surface area contributed by atoms with Crippen LogP contribution in [0.3, 0.4) is 0 Å². The lowest BCUT2D eigenvalue weighted by atomic mass is 9.78. The van der Waals surface area contributed by atoms with Gasteiger partial charge in [0, 0.05) is 12.6 Å². The lowest BCUT2D eigenvalue weighted by Crippen LogP contribution is -2.46. The lowest BCUT2D eigenvalue weighted by molar-refractivity contribution is 0.0548. The number of nitrogens with one attached hydrogen (secondary N) is 2. The van der Waals surface area contributed by atoms with Crippen molar-refractivity contribution in [1.82, 2.24) is 14.9 Å². The molecule has 2 atom stereocenters. The number of benzene rings is 1. The average molecular weight is 341 g/mol. The number of piperidine rings is 1. The number of rotatable bonds is 2. The SMILES string of the molecule is Cc1cc2[nH]c(=O)c(=O)[nH]c2c(CN2CCCC3CCCCC32)c1C. The van der Waals surface area contributed by atoms with E-state index in [2.05, 4.69) is 28.7 Å². The molecule has 1 aromatic heterocycles. The highest BCUT2D eigenvalue weighted by molar-refractivity contribution is 5.80. The summed E-state index contributed by atoms with van der Waals surface area (Å²) in [5.41, 5.74) is 3.92. The Morgan fingerprint density at radius 1 is 1.04 bits per heavy atom. The van der Waals surface area contributed by atoms with Crippen LogP contribution in [-0.4, -0.2) is 27.5 Å². The number of H-pyrrole nitrogens is 2. The fourth-order valence-electron chi connectivity index (χ4n) is 4.90. The fraction of sp³-hybridized carbons (Fsp3) is 0.600. The van der Waals surface area contributed by atoms with Gasteiger partial charge in [0.1, 0.15) is 0 Å². The molecule has 0 spiro atoms. The first kappa shape index (κ1) is 16.6. The maximum atomic E-state index is 11.9. The molecule has 2 unspecified atom stereocenters. The van der Waals surface area contributed by atoms with Crippen molar-refractivity contribution in [2.45, 2.75) is 65.0 Å². The van der Waals surface area contributed by atoms with Crippen LogP contribution in [0.1, 0.15) is 55.2 Å². The van der Waals surface area contributed by atoms with Crippen molar-refractivity contribution < 1.29 is 0 Å². The third kappa shape index (κ3) is 2.95. The van der Waals surface area contributed by atoms with Crippen molar-refractivity contribution >= 4 is 11.0 Å². The van der Waals surface area contributed by atoms with E-state index < -0.39 is 11.1 Å². The smallest absolute Gasteiger partial charge is 0.314 e. The quantitative estimate of drug-likeness (QED) is 0.825. The second-order valence-electron chi connectivity index (χ2n) is 7.85. The van der Waals surface area contributed by atoms with E-state index in [9.17, 15) is 9.59 Å². The van der Waals surface area contributed by atoms with E-state index in [1.54, 1.807) is 0 Å². The number of hydrogen-bond acceptors (Lipinski definition) is 3. The summed E-state index contributed by atoms with van der Waals surface area (Å²) in [7, 11) is 0. The van der Waals surface area contributed by atoms with Crippen molar-refractivity contribution in [3.63, 3.8) is 0 Å². The van der Waals surface area contributed by atoms with Gasteiger partial charge < -0.3 is 9.97 Å². The van der Waals surface area contributed by atoms with E-state index >= 15 is 0 Å². The standard InChI is InChI=1S/C20H27N3O2/c1-12-10-16-18(22-20(25)19(24)21-16)15(13(12)2)11-23-9-5-7-14-6-3-4-8-17(14)23/h10,14,17H,3-9,11H2,1-2H3,(H,21,24)(H,22,25). The molecular formula is C20H27N3O2. The van der Waals surface area contributed by atoms with Crippen LogP contribution < -0.4 is 11.1 Å². The molecule has 134 valence electrons. The molecule has 2 fully saturated rings. The number of aromatic amines is 2. The first-order valence-corrected chi connectivity index (χ1v) is 9.54. The molecule has 1 saturated carbocycles. The van der Waals surface area contributed by atoms with Crippen molar-refractivity contribution in [2.75, 3.05) is 6.54 Å². The van der Waals surface area contributed by atoms with Gasteiger partial charge >= 0.3 is 11.1 Å². The van der Waals surface area contributed by atoms with E-state index in [4.69, 9.17) is 0 Å². The van der Waals surface area contributed by atoms with Crippen LogP contribution in [0.4, 0.5) is 0 Å². The zero-order valence-electron chi connectivity index (χ0n) is 15.2. The molecule has 1 aromatic carbocycles. The zero-order valence-corrected chi connectivity index (χ0v) is 15.2. The fourth-order valence-corrected chi connectivity index (χ4v) is 4.90. The van der Waals surface area contributed by atoms with Crippen molar-refractivity contribution in [1.29, 1.82) is 0 Å². The molecule has 25 heavy (non-hydrogen) atoms. The van der Waals surface area contributed by atoms with Gasteiger partial charge in [-0.25, -0.2) is 0 Å². The minimum absolute atomic E-state index is 0.564. The maximum absolute atomic E-state index is 11.9. The summed E-state index contributed by atoms with van der Waals surface area (Å²) in [6, 6.07) is 2.64. The normalized spacial score (nSPS) is 24.4. The Morgan fingerprint density at radius 2 is 1.76 bits per heavy atom. The number of aromatic nitrogens is 2. The van der Waals surface area contributed by atoms with E-state index in [0.29, 0.717) is 6.04 Å². The van der Waals surface area contributed by atoms with Gasteiger partial charge in [-0.15, -0.1) is 0 Å². The Hall–Kier alpha value is -1.88. The van der Waals surface area contributed by atoms with Crippen molar-refractivity contribution in [2.24, 2.45) is 5.92 Å². The minimum Gasteiger partial charge on any atom is -0.316 e. The molecule has 0 bridgehead atoms.